The van der Waals surface area contributed by atoms with Gasteiger partial charge >= 0.3 is 5.97 Å². The van der Waals surface area contributed by atoms with Crippen LogP contribution in [0.2, 0.25) is 5.02 Å². The molecule has 1 atom stereocenters. The Hall–Kier alpha value is -1.27. The van der Waals surface area contributed by atoms with Gasteiger partial charge in [-0.3, -0.25) is 9.59 Å². The average molecular weight is 379 g/mol. The lowest BCUT2D eigenvalue weighted by Gasteiger charge is -2.12. The zero-order chi connectivity index (χ0) is 15.8. The minimum atomic E-state index is -0.832. The quantitative estimate of drug-likeness (QED) is 0.729. The van der Waals surface area contributed by atoms with Gasteiger partial charge in [-0.1, -0.05) is 34.5 Å². The standard InChI is InChI=1S/C14H17BrClNO4/c1-9(2-5-14(19)20)7-17-13(18)8-21-12-4-3-10(15)6-11(12)16/h3-4,6,9H,2,5,7-8H2,1H3,(H,17,18)(H,19,20). The van der Waals surface area contributed by atoms with Crippen LogP contribution in [0.15, 0.2) is 22.7 Å². The van der Waals surface area contributed by atoms with Crippen molar-refractivity contribution in [2.24, 2.45) is 5.92 Å². The Morgan fingerprint density at radius 3 is 2.81 bits per heavy atom. The summed E-state index contributed by atoms with van der Waals surface area (Å²) in [6, 6.07) is 5.13. The number of ether oxygens (including phenoxy) is 1. The van der Waals surface area contributed by atoms with E-state index in [9.17, 15) is 9.59 Å². The highest BCUT2D eigenvalue weighted by Crippen LogP contribution is 2.27. The first-order chi connectivity index (χ1) is 9.88. The molecule has 1 aromatic carbocycles. The van der Waals surface area contributed by atoms with Gasteiger partial charge in [0.15, 0.2) is 6.61 Å². The van der Waals surface area contributed by atoms with Crippen LogP contribution < -0.4 is 10.1 Å². The summed E-state index contributed by atoms with van der Waals surface area (Å²) in [6.45, 7) is 2.17. The Bertz CT molecular complexity index is 510. The van der Waals surface area contributed by atoms with Crippen molar-refractivity contribution in [2.45, 2.75) is 19.8 Å². The van der Waals surface area contributed by atoms with Crippen molar-refractivity contribution in [3.8, 4) is 5.75 Å². The summed E-state index contributed by atoms with van der Waals surface area (Å²) in [7, 11) is 0. The Kier molecular flexibility index (Phi) is 7.53. The molecular weight excluding hydrogens is 362 g/mol. The van der Waals surface area contributed by atoms with Gasteiger partial charge in [-0.2, -0.15) is 0 Å². The molecule has 0 bridgehead atoms. The SMILES string of the molecule is CC(CCC(=O)O)CNC(=O)COc1ccc(Br)cc1Cl. The maximum atomic E-state index is 11.6. The predicted octanol–water partition coefficient (Wildman–Crippen LogP) is 3.10. The van der Waals surface area contributed by atoms with Crippen LogP contribution in [0.25, 0.3) is 0 Å². The molecule has 0 saturated heterocycles. The van der Waals surface area contributed by atoms with Crippen molar-refractivity contribution in [3.63, 3.8) is 0 Å². The second kappa shape index (κ2) is 8.89. The molecule has 1 aromatic rings. The number of hydrogen-bond donors (Lipinski definition) is 2. The van der Waals surface area contributed by atoms with Crippen molar-refractivity contribution in [3.05, 3.63) is 27.7 Å². The molecule has 21 heavy (non-hydrogen) atoms. The van der Waals surface area contributed by atoms with Crippen molar-refractivity contribution in [2.75, 3.05) is 13.2 Å². The number of rotatable bonds is 8. The smallest absolute Gasteiger partial charge is 0.303 e. The van der Waals surface area contributed by atoms with Gasteiger partial charge in [-0.05, 0) is 30.5 Å². The second-order valence-electron chi connectivity index (χ2n) is 4.71. The molecule has 7 heteroatoms. The summed E-state index contributed by atoms with van der Waals surface area (Å²) in [4.78, 5) is 22.1. The number of nitrogens with one attached hydrogen (secondary N) is 1. The van der Waals surface area contributed by atoms with Crippen LogP contribution in [0.5, 0.6) is 5.75 Å². The van der Waals surface area contributed by atoms with E-state index in [2.05, 4.69) is 21.2 Å². The van der Waals surface area contributed by atoms with Crippen molar-refractivity contribution in [1.29, 1.82) is 0 Å². The molecule has 0 aliphatic heterocycles. The molecule has 0 heterocycles. The molecule has 116 valence electrons. The van der Waals surface area contributed by atoms with Crippen LogP contribution in [0, 0.1) is 5.92 Å². The van der Waals surface area contributed by atoms with Crippen LogP contribution in [0.4, 0.5) is 0 Å². The number of carbonyl (C=O) groups excluding carboxylic acids is 1. The van der Waals surface area contributed by atoms with Crippen LogP contribution in [0.1, 0.15) is 19.8 Å². The maximum absolute atomic E-state index is 11.6. The van der Waals surface area contributed by atoms with E-state index < -0.39 is 5.97 Å². The lowest BCUT2D eigenvalue weighted by atomic mass is 10.1. The van der Waals surface area contributed by atoms with E-state index in [-0.39, 0.29) is 24.9 Å². The van der Waals surface area contributed by atoms with E-state index in [4.69, 9.17) is 21.4 Å². The number of carbonyl (C=O) groups is 2. The molecule has 0 fully saturated rings. The Balaban J connectivity index is 2.29. The maximum Gasteiger partial charge on any atom is 0.303 e. The molecule has 1 amide bonds. The zero-order valence-corrected chi connectivity index (χ0v) is 13.9. The third-order valence-corrected chi connectivity index (χ3v) is 3.54. The number of carboxylic acid groups (broad SMARTS) is 1. The lowest BCUT2D eigenvalue weighted by Crippen LogP contribution is -2.32. The van der Waals surface area contributed by atoms with E-state index in [0.29, 0.717) is 23.7 Å². The van der Waals surface area contributed by atoms with Gasteiger partial charge in [-0.25, -0.2) is 0 Å². The van der Waals surface area contributed by atoms with Gasteiger partial charge < -0.3 is 15.2 Å². The van der Waals surface area contributed by atoms with Crippen molar-refractivity contribution in [1.82, 2.24) is 5.32 Å². The highest BCUT2D eigenvalue weighted by molar-refractivity contribution is 9.10. The Labute approximate surface area is 136 Å². The fourth-order valence-corrected chi connectivity index (χ4v) is 2.27. The fourth-order valence-electron chi connectivity index (χ4n) is 1.55. The first-order valence-corrected chi connectivity index (χ1v) is 7.62. The molecule has 0 aliphatic rings. The van der Waals surface area contributed by atoms with E-state index in [1.54, 1.807) is 18.2 Å². The van der Waals surface area contributed by atoms with Crippen LogP contribution in [-0.2, 0) is 9.59 Å². The lowest BCUT2D eigenvalue weighted by molar-refractivity contribution is -0.137. The number of benzene rings is 1. The van der Waals surface area contributed by atoms with E-state index in [0.717, 1.165) is 4.47 Å². The van der Waals surface area contributed by atoms with Crippen molar-refractivity contribution < 1.29 is 19.4 Å². The number of amides is 1. The molecule has 2 N–H and O–H groups in total. The number of carboxylic acids is 1. The molecule has 1 rings (SSSR count). The summed E-state index contributed by atoms with van der Waals surface area (Å²) in [6.07, 6.45) is 0.622. The average Bonchev–Trinajstić information content (AvgIpc) is 2.41. The Morgan fingerprint density at radius 2 is 2.19 bits per heavy atom. The van der Waals surface area contributed by atoms with Gasteiger partial charge in [0, 0.05) is 17.4 Å². The second-order valence-corrected chi connectivity index (χ2v) is 6.03. The summed E-state index contributed by atoms with van der Waals surface area (Å²) in [5.41, 5.74) is 0. The molecule has 0 spiro atoms. The fraction of sp³-hybridized carbons (Fsp3) is 0.429. The van der Waals surface area contributed by atoms with Crippen LogP contribution in [0.3, 0.4) is 0 Å². The third-order valence-electron chi connectivity index (χ3n) is 2.75. The molecule has 5 nitrogen and oxygen atoms in total. The topological polar surface area (TPSA) is 75.6 Å². The number of halogens is 2. The molecule has 0 aliphatic carbocycles. The normalized spacial score (nSPS) is 11.8. The first-order valence-electron chi connectivity index (χ1n) is 6.45. The molecular formula is C14H17BrClNO4. The van der Waals surface area contributed by atoms with E-state index in [1.165, 1.54) is 0 Å². The van der Waals surface area contributed by atoms with Crippen molar-refractivity contribution >= 4 is 39.4 Å². The summed E-state index contributed by atoms with van der Waals surface area (Å²) >= 11 is 9.25. The monoisotopic (exact) mass is 377 g/mol. The molecule has 0 aromatic heterocycles. The Morgan fingerprint density at radius 1 is 1.48 bits per heavy atom. The van der Waals surface area contributed by atoms with Crippen LogP contribution in [-0.4, -0.2) is 30.1 Å². The van der Waals surface area contributed by atoms with Gasteiger partial charge in [-0.15, -0.1) is 0 Å². The van der Waals surface area contributed by atoms with Gasteiger partial charge in [0.05, 0.1) is 5.02 Å². The molecule has 0 saturated carbocycles. The molecule has 0 radical (unpaired) electrons. The van der Waals surface area contributed by atoms with E-state index >= 15 is 0 Å². The minimum Gasteiger partial charge on any atom is -0.482 e. The third kappa shape index (κ3) is 7.34. The predicted molar refractivity (Wildman–Crippen MR) is 83.7 cm³/mol. The summed E-state index contributed by atoms with van der Waals surface area (Å²) < 4.78 is 6.16. The summed E-state index contributed by atoms with van der Waals surface area (Å²) in [5.74, 6) is -0.562. The van der Waals surface area contributed by atoms with Gasteiger partial charge in [0.25, 0.3) is 5.91 Å². The van der Waals surface area contributed by atoms with Crippen LogP contribution >= 0.6 is 27.5 Å². The molecule has 1 unspecified atom stereocenters. The summed E-state index contributed by atoms with van der Waals surface area (Å²) in [5, 5.41) is 11.7. The van der Waals surface area contributed by atoms with Gasteiger partial charge in [0.1, 0.15) is 5.75 Å². The number of hydrogen-bond acceptors (Lipinski definition) is 3. The minimum absolute atomic E-state index is 0.0984. The van der Waals surface area contributed by atoms with E-state index in [1.807, 2.05) is 6.92 Å². The zero-order valence-electron chi connectivity index (χ0n) is 11.6. The largest absolute Gasteiger partial charge is 0.482 e. The number of aliphatic carboxylic acids is 1. The highest BCUT2D eigenvalue weighted by atomic mass is 79.9. The highest BCUT2D eigenvalue weighted by Gasteiger charge is 2.09. The first kappa shape index (κ1) is 17.8. The van der Waals surface area contributed by atoms with Gasteiger partial charge in [0.2, 0.25) is 0 Å².